The minimum Gasteiger partial charge on any atom is -0.497 e. The van der Waals surface area contributed by atoms with Crippen LogP contribution in [0.5, 0.6) is 5.75 Å². The van der Waals surface area contributed by atoms with Crippen LogP contribution < -0.4 is 15.8 Å². The Labute approximate surface area is 124 Å². The molecular formula is C16H23FN2O2. The fourth-order valence-electron chi connectivity index (χ4n) is 3.13. The van der Waals surface area contributed by atoms with Crippen molar-refractivity contribution in [1.29, 1.82) is 0 Å². The highest BCUT2D eigenvalue weighted by atomic mass is 19.1. The van der Waals surface area contributed by atoms with E-state index in [1.54, 1.807) is 6.07 Å². The molecule has 2 atom stereocenters. The SMILES string of the molecule is COc1ccc(C(=O)NC2(CN)CCCC(C)C2)c(F)c1. The Morgan fingerprint density at radius 1 is 1.57 bits per heavy atom. The van der Waals surface area contributed by atoms with Gasteiger partial charge >= 0.3 is 0 Å². The van der Waals surface area contributed by atoms with Gasteiger partial charge in [0.05, 0.1) is 18.2 Å². The van der Waals surface area contributed by atoms with Crippen LogP contribution in [0.3, 0.4) is 0 Å². The fraction of sp³-hybridized carbons (Fsp3) is 0.562. The summed E-state index contributed by atoms with van der Waals surface area (Å²) in [6.45, 7) is 2.53. The van der Waals surface area contributed by atoms with Crippen LogP contribution in [0.25, 0.3) is 0 Å². The average Bonchev–Trinajstić information content (AvgIpc) is 2.46. The second-order valence-corrected chi connectivity index (χ2v) is 5.99. The lowest BCUT2D eigenvalue weighted by Gasteiger charge is -2.40. The van der Waals surface area contributed by atoms with Crippen LogP contribution >= 0.6 is 0 Å². The van der Waals surface area contributed by atoms with E-state index in [2.05, 4.69) is 12.2 Å². The number of carbonyl (C=O) groups excluding carboxylic acids is 1. The molecule has 5 heteroatoms. The van der Waals surface area contributed by atoms with Gasteiger partial charge in [-0.05, 0) is 30.9 Å². The zero-order chi connectivity index (χ0) is 15.5. The maximum atomic E-state index is 14.0. The Kier molecular flexibility index (Phi) is 4.83. The monoisotopic (exact) mass is 294 g/mol. The maximum absolute atomic E-state index is 14.0. The van der Waals surface area contributed by atoms with E-state index in [0.717, 1.165) is 25.7 Å². The number of hydrogen-bond donors (Lipinski definition) is 2. The summed E-state index contributed by atoms with van der Waals surface area (Å²) in [6, 6.07) is 4.24. The van der Waals surface area contributed by atoms with Crippen LogP contribution in [0.1, 0.15) is 43.0 Å². The van der Waals surface area contributed by atoms with Crippen molar-refractivity contribution < 1.29 is 13.9 Å². The standard InChI is InChI=1S/C16H23FN2O2/c1-11-4-3-7-16(9-11,10-18)19-15(20)13-6-5-12(21-2)8-14(13)17/h5-6,8,11H,3-4,7,9-10,18H2,1-2H3,(H,19,20). The first-order valence-electron chi connectivity index (χ1n) is 7.36. The third kappa shape index (κ3) is 3.53. The van der Waals surface area contributed by atoms with Gasteiger partial charge in [-0.25, -0.2) is 4.39 Å². The minimum absolute atomic E-state index is 0.0295. The molecule has 1 saturated carbocycles. The molecule has 21 heavy (non-hydrogen) atoms. The van der Waals surface area contributed by atoms with Crippen molar-refractivity contribution in [2.75, 3.05) is 13.7 Å². The smallest absolute Gasteiger partial charge is 0.254 e. The Morgan fingerprint density at radius 2 is 2.33 bits per heavy atom. The molecular weight excluding hydrogens is 271 g/mol. The van der Waals surface area contributed by atoms with Crippen molar-refractivity contribution in [3.05, 3.63) is 29.6 Å². The molecule has 2 rings (SSSR count). The first kappa shape index (κ1) is 15.8. The summed E-state index contributed by atoms with van der Waals surface area (Å²) >= 11 is 0. The Hall–Kier alpha value is -1.62. The second-order valence-electron chi connectivity index (χ2n) is 5.99. The minimum atomic E-state index is -0.581. The van der Waals surface area contributed by atoms with Crippen molar-refractivity contribution in [2.24, 2.45) is 11.7 Å². The molecule has 4 nitrogen and oxygen atoms in total. The molecule has 116 valence electrons. The maximum Gasteiger partial charge on any atom is 0.254 e. The van der Waals surface area contributed by atoms with Crippen LogP contribution in [0, 0.1) is 11.7 Å². The predicted molar refractivity (Wildman–Crippen MR) is 79.8 cm³/mol. The van der Waals surface area contributed by atoms with Gasteiger partial charge in [0, 0.05) is 12.6 Å². The van der Waals surface area contributed by atoms with E-state index in [0.29, 0.717) is 18.2 Å². The zero-order valence-corrected chi connectivity index (χ0v) is 12.6. The first-order chi connectivity index (χ1) is 9.99. The molecule has 0 aliphatic heterocycles. The van der Waals surface area contributed by atoms with E-state index >= 15 is 0 Å². The van der Waals surface area contributed by atoms with E-state index in [1.165, 1.54) is 19.2 Å². The number of halogens is 1. The molecule has 0 aromatic heterocycles. The lowest BCUT2D eigenvalue weighted by Crippen LogP contribution is -2.56. The van der Waals surface area contributed by atoms with Crippen LogP contribution in [-0.2, 0) is 0 Å². The Morgan fingerprint density at radius 3 is 2.90 bits per heavy atom. The lowest BCUT2D eigenvalue weighted by atomic mass is 9.76. The Bertz CT molecular complexity index is 521. The van der Waals surface area contributed by atoms with Gasteiger partial charge in [0.25, 0.3) is 5.91 Å². The molecule has 1 aliphatic carbocycles. The van der Waals surface area contributed by atoms with Crippen LogP contribution in [0.15, 0.2) is 18.2 Å². The van der Waals surface area contributed by atoms with Gasteiger partial charge in [0.2, 0.25) is 0 Å². The molecule has 0 bridgehead atoms. The van der Waals surface area contributed by atoms with Crippen molar-refractivity contribution >= 4 is 5.91 Å². The Balaban J connectivity index is 2.16. The molecule has 1 aliphatic rings. The predicted octanol–water partition coefficient (Wildman–Crippen LogP) is 2.47. The van der Waals surface area contributed by atoms with Gasteiger partial charge in [-0.3, -0.25) is 4.79 Å². The van der Waals surface area contributed by atoms with Crippen molar-refractivity contribution in [1.82, 2.24) is 5.32 Å². The second kappa shape index (κ2) is 6.43. The molecule has 1 fully saturated rings. The summed E-state index contributed by atoms with van der Waals surface area (Å²) in [4.78, 5) is 12.4. The third-order valence-corrected chi connectivity index (χ3v) is 4.28. The van der Waals surface area contributed by atoms with Crippen LogP contribution in [0.2, 0.25) is 0 Å². The summed E-state index contributed by atoms with van der Waals surface area (Å²) in [5.74, 6) is -0.0789. The molecule has 1 aromatic rings. The third-order valence-electron chi connectivity index (χ3n) is 4.28. The summed E-state index contributed by atoms with van der Waals surface area (Å²) in [6.07, 6.45) is 3.86. The number of nitrogens with one attached hydrogen (secondary N) is 1. The number of nitrogens with two attached hydrogens (primary N) is 1. The number of ether oxygens (including phenoxy) is 1. The molecule has 0 heterocycles. The van der Waals surface area contributed by atoms with Gasteiger partial charge in [-0.1, -0.05) is 19.8 Å². The summed E-state index contributed by atoms with van der Waals surface area (Å²) < 4.78 is 18.9. The van der Waals surface area contributed by atoms with Gasteiger partial charge in [-0.15, -0.1) is 0 Å². The topological polar surface area (TPSA) is 64.3 Å². The number of methoxy groups -OCH3 is 1. The van der Waals surface area contributed by atoms with E-state index in [9.17, 15) is 9.18 Å². The van der Waals surface area contributed by atoms with Gasteiger partial charge < -0.3 is 15.8 Å². The largest absolute Gasteiger partial charge is 0.497 e. The van der Waals surface area contributed by atoms with Crippen molar-refractivity contribution in [3.63, 3.8) is 0 Å². The number of amides is 1. The van der Waals surface area contributed by atoms with Gasteiger partial charge in [0.15, 0.2) is 0 Å². The highest BCUT2D eigenvalue weighted by Gasteiger charge is 2.35. The normalized spacial score (nSPS) is 25.4. The van der Waals surface area contributed by atoms with Crippen molar-refractivity contribution in [3.8, 4) is 5.75 Å². The number of benzene rings is 1. The summed E-state index contributed by atoms with van der Waals surface area (Å²) in [5, 5.41) is 2.96. The van der Waals surface area contributed by atoms with E-state index in [4.69, 9.17) is 10.5 Å². The van der Waals surface area contributed by atoms with Crippen LogP contribution in [-0.4, -0.2) is 25.1 Å². The summed E-state index contributed by atoms with van der Waals surface area (Å²) in [7, 11) is 1.46. The molecule has 1 amide bonds. The molecule has 0 saturated heterocycles. The number of rotatable bonds is 4. The lowest BCUT2D eigenvalue weighted by molar-refractivity contribution is 0.0849. The summed E-state index contributed by atoms with van der Waals surface area (Å²) in [5.41, 5.74) is 5.50. The van der Waals surface area contributed by atoms with Crippen molar-refractivity contribution in [2.45, 2.75) is 38.1 Å². The van der Waals surface area contributed by atoms with E-state index in [1.807, 2.05) is 0 Å². The molecule has 1 aromatic carbocycles. The molecule has 0 radical (unpaired) electrons. The van der Waals surface area contributed by atoms with E-state index < -0.39 is 17.3 Å². The van der Waals surface area contributed by atoms with Gasteiger partial charge in [-0.2, -0.15) is 0 Å². The number of hydrogen-bond acceptors (Lipinski definition) is 3. The molecule has 0 spiro atoms. The number of carbonyl (C=O) groups is 1. The highest BCUT2D eigenvalue weighted by Crippen LogP contribution is 2.32. The average molecular weight is 294 g/mol. The van der Waals surface area contributed by atoms with Gasteiger partial charge in [0.1, 0.15) is 11.6 Å². The fourth-order valence-corrected chi connectivity index (χ4v) is 3.13. The van der Waals surface area contributed by atoms with E-state index in [-0.39, 0.29) is 5.56 Å². The van der Waals surface area contributed by atoms with Crippen LogP contribution in [0.4, 0.5) is 4.39 Å². The molecule has 3 N–H and O–H groups in total. The highest BCUT2D eigenvalue weighted by molar-refractivity contribution is 5.95. The zero-order valence-electron chi connectivity index (χ0n) is 12.6. The first-order valence-corrected chi connectivity index (χ1v) is 7.36. The molecule has 2 unspecified atom stereocenters. The quantitative estimate of drug-likeness (QED) is 0.896.